The van der Waals surface area contributed by atoms with Gasteiger partial charge in [0.1, 0.15) is 0 Å². The van der Waals surface area contributed by atoms with Gasteiger partial charge in [0.15, 0.2) is 0 Å². The van der Waals surface area contributed by atoms with Gasteiger partial charge in [-0.1, -0.05) is 73.9 Å². The number of aryl methyl sites for hydroxylation is 3. The molecule has 2 aromatic carbocycles. The van der Waals surface area contributed by atoms with E-state index in [1.165, 1.54) is 11.1 Å². The van der Waals surface area contributed by atoms with E-state index in [0.29, 0.717) is 15.2 Å². The minimum atomic E-state index is -4.06. The van der Waals surface area contributed by atoms with E-state index in [-0.39, 0.29) is 12.6 Å². The van der Waals surface area contributed by atoms with Crippen molar-refractivity contribution in [2.75, 3.05) is 19.1 Å². The van der Waals surface area contributed by atoms with Gasteiger partial charge in [-0.2, -0.15) is 0 Å². The van der Waals surface area contributed by atoms with Crippen molar-refractivity contribution in [2.45, 2.75) is 79.4 Å². The molecule has 0 saturated heterocycles. The van der Waals surface area contributed by atoms with Crippen molar-refractivity contribution < 1.29 is 16.8 Å². The highest BCUT2D eigenvalue weighted by Crippen LogP contribution is 2.39. The number of benzene rings is 2. The first-order valence-electron chi connectivity index (χ1n) is 14.8. The number of sulfonamides is 2. The topological polar surface area (TPSA) is 87.7 Å². The third kappa shape index (κ3) is 7.13. The highest BCUT2D eigenvalue weighted by molar-refractivity contribution is 8.03. The van der Waals surface area contributed by atoms with Crippen LogP contribution in [-0.4, -0.2) is 49.5 Å². The minimum Gasteiger partial charge on any atom is -0.292 e. The smallest absolute Gasteiger partial charge is 0.224 e. The van der Waals surface area contributed by atoms with E-state index in [9.17, 15) is 16.8 Å². The molecule has 0 saturated carbocycles. The van der Waals surface area contributed by atoms with Crippen LogP contribution in [0.4, 0.5) is 0 Å². The van der Waals surface area contributed by atoms with Crippen molar-refractivity contribution in [3.05, 3.63) is 87.6 Å². The van der Waals surface area contributed by atoms with Crippen LogP contribution in [0.15, 0.2) is 48.5 Å². The van der Waals surface area contributed by atoms with Gasteiger partial charge in [-0.05, 0) is 78.0 Å². The molecule has 1 aliphatic heterocycles. The van der Waals surface area contributed by atoms with E-state index < -0.39 is 20.0 Å². The first-order valence-corrected chi connectivity index (χ1v) is 18.5. The Kier molecular flexibility index (Phi) is 9.97. The number of pyridine rings is 1. The maximum absolute atomic E-state index is 12.8. The third-order valence-electron chi connectivity index (χ3n) is 8.26. The predicted octanol–water partition coefficient (Wildman–Crippen LogP) is 6.05. The lowest BCUT2D eigenvalue weighted by atomic mass is 9.87. The highest BCUT2D eigenvalue weighted by atomic mass is 32.3. The van der Waals surface area contributed by atoms with Crippen LogP contribution in [0.2, 0.25) is 0 Å². The molecule has 228 valence electrons. The van der Waals surface area contributed by atoms with Gasteiger partial charge in [0.25, 0.3) is 0 Å². The average Bonchev–Trinajstić information content (AvgIpc) is 2.92. The lowest BCUT2D eigenvalue weighted by molar-refractivity contribution is 0.156. The van der Waals surface area contributed by atoms with Crippen LogP contribution in [0.1, 0.15) is 79.2 Å². The van der Waals surface area contributed by atoms with Crippen LogP contribution < -0.4 is 0 Å². The van der Waals surface area contributed by atoms with Gasteiger partial charge in [-0.25, -0.2) is 16.8 Å². The Labute approximate surface area is 253 Å². The summed E-state index contributed by atoms with van der Waals surface area (Å²) in [4.78, 5) is 7.63. The molecule has 0 radical (unpaired) electrons. The Morgan fingerprint density at radius 3 is 2.02 bits per heavy atom. The summed E-state index contributed by atoms with van der Waals surface area (Å²) in [7, 11) is -8.11. The summed E-state index contributed by atoms with van der Waals surface area (Å²) in [6.45, 7) is 11.9. The van der Waals surface area contributed by atoms with Crippen molar-refractivity contribution in [2.24, 2.45) is 5.92 Å². The van der Waals surface area contributed by atoms with E-state index >= 15 is 0 Å². The van der Waals surface area contributed by atoms with Crippen LogP contribution in [0, 0.1) is 12.8 Å². The van der Waals surface area contributed by atoms with E-state index in [1.807, 2.05) is 13.0 Å². The standard InChI is InChI=1S/C33H45N3O4S2/c1-8-25-15-12-16-26(9-2)33(25)30-20-29(22-36(41(6,37)38)42(7,39)40)32(24(5)34-30)31(19-23(3)4)35-18-17-27-13-10-11-14-28(27)21-35/h10-16,20,23,31H,8-9,17-19,21-22H2,1-7H3. The van der Waals surface area contributed by atoms with E-state index in [2.05, 4.69) is 75.1 Å². The van der Waals surface area contributed by atoms with Crippen LogP contribution >= 0.6 is 0 Å². The van der Waals surface area contributed by atoms with Gasteiger partial charge in [-0.15, -0.1) is 0 Å². The molecular weight excluding hydrogens is 567 g/mol. The van der Waals surface area contributed by atoms with Gasteiger partial charge in [-0.3, -0.25) is 9.88 Å². The molecule has 0 aliphatic carbocycles. The summed E-state index contributed by atoms with van der Waals surface area (Å²) < 4.78 is 52.0. The first-order chi connectivity index (χ1) is 19.7. The lowest BCUT2D eigenvalue weighted by Gasteiger charge is -2.38. The van der Waals surface area contributed by atoms with E-state index in [1.54, 1.807) is 0 Å². The molecule has 1 aliphatic rings. The fraction of sp³-hybridized carbons (Fsp3) is 0.485. The molecule has 0 fully saturated rings. The molecule has 42 heavy (non-hydrogen) atoms. The molecule has 0 spiro atoms. The molecule has 1 atom stereocenters. The molecule has 0 bridgehead atoms. The molecule has 4 rings (SSSR count). The average molecular weight is 612 g/mol. The molecule has 0 N–H and O–H groups in total. The number of nitrogens with zero attached hydrogens (tertiary/aromatic N) is 3. The van der Waals surface area contributed by atoms with Gasteiger partial charge in [0.2, 0.25) is 20.0 Å². The molecule has 7 nitrogen and oxygen atoms in total. The number of hydrogen-bond acceptors (Lipinski definition) is 6. The minimum absolute atomic E-state index is 0.0528. The number of aromatic nitrogens is 1. The van der Waals surface area contributed by atoms with Gasteiger partial charge < -0.3 is 0 Å². The first kappa shape index (κ1) is 32.3. The maximum Gasteiger partial charge on any atom is 0.224 e. The molecule has 2 heterocycles. The largest absolute Gasteiger partial charge is 0.292 e. The van der Waals surface area contributed by atoms with E-state index in [4.69, 9.17) is 4.98 Å². The Hall–Kier alpha value is -2.59. The Morgan fingerprint density at radius 2 is 1.48 bits per heavy atom. The van der Waals surface area contributed by atoms with Gasteiger partial charge >= 0.3 is 0 Å². The lowest BCUT2D eigenvalue weighted by Crippen LogP contribution is -2.38. The molecule has 9 heteroatoms. The number of hydrogen-bond donors (Lipinski definition) is 0. The highest BCUT2D eigenvalue weighted by Gasteiger charge is 2.33. The fourth-order valence-corrected chi connectivity index (χ4v) is 9.05. The maximum atomic E-state index is 12.8. The molecule has 0 amide bonds. The second kappa shape index (κ2) is 13.0. The Bertz CT molecular complexity index is 1600. The van der Waals surface area contributed by atoms with Crippen LogP contribution in [0.25, 0.3) is 11.3 Å². The number of rotatable bonds is 11. The summed E-state index contributed by atoms with van der Waals surface area (Å²) in [6.07, 6.45) is 5.31. The van der Waals surface area contributed by atoms with Crippen molar-refractivity contribution >= 4 is 20.0 Å². The van der Waals surface area contributed by atoms with Crippen molar-refractivity contribution in [3.8, 4) is 11.3 Å². The van der Waals surface area contributed by atoms with Gasteiger partial charge in [0.05, 0.1) is 24.8 Å². The fourth-order valence-electron chi connectivity index (χ4n) is 6.33. The SMILES string of the molecule is CCc1cccc(CC)c1-c1cc(CN(S(C)(=O)=O)S(C)(=O)=O)c(C(CC(C)C)N2CCc3ccccc3C2)c(C)n1. The summed E-state index contributed by atoms with van der Waals surface area (Å²) in [5, 5.41) is 0. The van der Waals surface area contributed by atoms with Crippen molar-refractivity contribution in [3.63, 3.8) is 0 Å². The normalized spacial score (nSPS) is 15.3. The third-order valence-corrected chi connectivity index (χ3v) is 11.6. The van der Waals surface area contributed by atoms with Crippen molar-refractivity contribution in [1.82, 2.24) is 13.6 Å². The van der Waals surface area contributed by atoms with Gasteiger partial charge in [0, 0.05) is 30.4 Å². The summed E-state index contributed by atoms with van der Waals surface area (Å²) in [5.41, 5.74) is 9.20. The van der Waals surface area contributed by atoms with Crippen LogP contribution in [-0.2, 0) is 52.4 Å². The molecule has 1 unspecified atom stereocenters. The summed E-state index contributed by atoms with van der Waals surface area (Å²) in [5.74, 6) is 0.354. The zero-order chi connectivity index (χ0) is 30.8. The summed E-state index contributed by atoms with van der Waals surface area (Å²) in [6, 6.07) is 16.7. The zero-order valence-electron chi connectivity index (χ0n) is 26.0. The predicted molar refractivity (Wildman–Crippen MR) is 171 cm³/mol. The van der Waals surface area contributed by atoms with Crippen LogP contribution in [0.3, 0.4) is 0 Å². The Balaban J connectivity index is 1.97. The van der Waals surface area contributed by atoms with E-state index in [0.717, 1.165) is 84.9 Å². The monoisotopic (exact) mass is 611 g/mol. The second-order valence-corrected chi connectivity index (χ2v) is 16.0. The summed E-state index contributed by atoms with van der Waals surface area (Å²) >= 11 is 0. The molecular formula is C33H45N3O4S2. The van der Waals surface area contributed by atoms with Crippen molar-refractivity contribution in [1.29, 1.82) is 0 Å². The molecule has 1 aromatic heterocycles. The Morgan fingerprint density at radius 1 is 0.881 bits per heavy atom. The molecule has 3 aromatic rings. The van der Waals surface area contributed by atoms with Crippen LogP contribution in [0.5, 0.6) is 0 Å². The second-order valence-electron chi connectivity index (χ2n) is 11.9. The zero-order valence-corrected chi connectivity index (χ0v) is 27.6. The number of fused-ring (bicyclic) bond motifs is 1. The quantitative estimate of drug-likeness (QED) is 0.262.